The lowest BCUT2D eigenvalue weighted by Crippen LogP contribution is -2.03. The van der Waals surface area contributed by atoms with Crippen molar-refractivity contribution in [3.63, 3.8) is 0 Å². The highest BCUT2D eigenvalue weighted by Crippen LogP contribution is 2.49. The molecule has 5 rings (SSSR count). The molecule has 1 unspecified atom stereocenters. The normalized spacial score (nSPS) is 14.9. The van der Waals surface area contributed by atoms with Crippen LogP contribution in [-0.2, 0) is 0 Å². The van der Waals surface area contributed by atoms with Gasteiger partial charge in [0.2, 0.25) is 0 Å². The number of fused-ring (bicyclic) bond motifs is 3. The van der Waals surface area contributed by atoms with Crippen molar-refractivity contribution in [3.8, 4) is 17.2 Å². The maximum atomic E-state index is 5.43. The predicted molar refractivity (Wildman–Crippen MR) is 117 cm³/mol. The topological polar surface area (TPSA) is 39.7 Å². The van der Waals surface area contributed by atoms with Crippen molar-refractivity contribution in [3.05, 3.63) is 90.5 Å². The Bertz CT molecular complexity index is 1140. The molecule has 0 radical (unpaired) electrons. The molecular formula is C24H19NO3S. The van der Waals surface area contributed by atoms with Gasteiger partial charge >= 0.3 is 0 Å². The highest BCUT2D eigenvalue weighted by molar-refractivity contribution is 8.00. The van der Waals surface area contributed by atoms with Gasteiger partial charge in [-0.2, -0.15) is 0 Å². The van der Waals surface area contributed by atoms with E-state index in [0.717, 1.165) is 5.75 Å². The predicted octanol–water partition coefficient (Wildman–Crippen LogP) is 6.44. The minimum absolute atomic E-state index is 0.173. The highest BCUT2D eigenvalue weighted by Gasteiger charge is 2.24. The molecule has 0 bridgehead atoms. The number of hydrogen-bond donors (Lipinski definition) is 1. The molecule has 0 amide bonds. The van der Waals surface area contributed by atoms with Crippen molar-refractivity contribution in [2.45, 2.75) is 10.3 Å². The molecule has 4 aromatic carbocycles. The molecule has 29 heavy (non-hydrogen) atoms. The first-order valence-electron chi connectivity index (χ1n) is 9.34. The third-order valence-corrected chi connectivity index (χ3v) is 6.18. The molecule has 4 nitrogen and oxygen atoms in total. The fraction of sp³-hybridized carbons (Fsp3) is 0.0833. The smallest absolute Gasteiger partial charge is 0.178 e. The van der Waals surface area contributed by atoms with Crippen molar-refractivity contribution >= 4 is 28.2 Å². The van der Waals surface area contributed by atoms with Crippen molar-refractivity contribution in [2.75, 3.05) is 12.4 Å². The second kappa shape index (κ2) is 7.60. The fourth-order valence-electron chi connectivity index (χ4n) is 3.35. The molecule has 0 saturated carbocycles. The van der Waals surface area contributed by atoms with Crippen LogP contribution in [0, 0.1) is 0 Å². The zero-order valence-electron chi connectivity index (χ0n) is 15.8. The average Bonchev–Trinajstić information content (AvgIpc) is 3.23. The van der Waals surface area contributed by atoms with Crippen LogP contribution in [0.15, 0.2) is 89.8 Å². The number of anilines is 1. The van der Waals surface area contributed by atoms with E-state index in [-0.39, 0.29) is 5.37 Å². The van der Waals surface area contributed by atoms with Crippen LogP contribution in [0.2, 0.25) is 0 Å². The Morgan fingerprint density at radius 1 is 0.724 bits per heavy atom. The molecule has 1 atom stereocenters. The molecule has 5 heteroatoms. The molecule has 0 fully saturated rings. The fourth-order valence-corrected chi connectivity index (χ4v) is 4.63. The molecule has 0 spiro atoms. The van der Waals surface area contributed by atoms with E-state index in [4.69, 9.17) is 14.5 Å². The van der Waals surface area contributed by atoms with Gasteiger partial charge in [0.15, 0.2) is 11.5 Å². The van der Waals surface area contributed by atoms with E-state index in [2.05, 4.69) is 53.8 Å². The summed E-state index contributed by atoms with van der Waals surface area (Å²) in [4.78, 5) is 12.1. The number of ether oxygens (including phenoxy) is 1. The summed E-state index contributed by atoms with van der Waals surface area (Å²) in [5, 5.41) is 6.34. The summed E-state index contributed by atoms with van der Waals surface area (Å²) < 4.78 is 5.14. The molecule has 0 aromatic heterocycles. The van der Waals surface area contributed by atoms with Crippen molar-refractivity contribution in [2.24, 2.45) is 0 Å². The van der Waals surface area contributed by atoms with Gasteiger partial charge in [0.25, 0.3) is 0 Å². The summed E-state index contributed by atoms with van der Waals surface area (Å²) in [7, 11) is 1.63. The maximum absolute atomic E-state index is 5.43. The van der Waals surface area contributed by atoms with Crippen molar-refractivity contribution in [1.29, 1.82) is 0 Å². The van der Waals surface area contributed by atoms with E-state index in [0.29, 0.717) is 11.5 Å². The second-order valence-electron chi connectivity index (χ2n) is 6.72. The van der Waals surface area contributed by atoms with Crippen LogP contribution < -0.4 is 19.8 Å². The first kappa shape index (κ1) is 17.8. The van der Waals surface area contributed by atoms with Gasteiger partial charge in [-0.25, -0.2) is 0 Å². The van der Waals surface area contributed by atoms with E-state index < -0.39 is 0 Å². The Morgan fingerprint density at radius 3 is 2.10 bits per heavy atom. The molecule has 1 aliphatic heterocycles. The number of thioether (sulfide) groups is 1. The summed E-state index contributed by atoms with van der Waals surface area (Å²) in [6.45, 7) is 0. The quantitative estimate of drug-likeness (QED) is 0.308. The Morgan fingerprint density at radius 2 is 1.38 bits per heavy atom. The average molecular weight is 401 g/mol. The SMILES string of the molecule is COc1ccc(OOc2ccc(C3Nc4ccc5ccccc5c4S3)cc2)cc1. The minimum atomic E-state index is 0.173. The van der Waals surface area contributed by atoms with E-state index in [1.807, 2.05) is 36.0 Å². The third kappa shape index (κ3) is 3.57. The van der Waals surface area contributed by atoms with Crippen LogP contribution in [0.1, 0.15) is 10.9 Å². The Balaban J connectivity index is 1.27. The first-order valence-corrected chi connectivity index (χ1v) is 10.2. The molecule has 1 heterocycles. The summed E-state index contributed by atoms with van der Waals surface area (Å²) in [6, 6.07) is 28.0. The van der Waals surface area contributed by atoms with Crippen molar-refractivity contribution < 1.29 is 14.5 Å². The van der Waals surface area contributed by atoms with Gasteiger partial charge in [0, 0.05) is 10.6 Å². The first-order chi connectivity index (χ1) is 14.3. The Labute approximate surface area is 173 Å². The van der Waals surface area contributed by atoms with E-state index in [1.165, 1.54) is 26.9 Å². The van der Waals surface area contributed by atoms with Crippen LogP contribution in [0.25, 0.3) is 10.8 Å². The van der Waals surface area contributed by atoms with E-state index >= 15 is 0 Å². The molecule has 1 aliphatic rings. The van der Waals surface area contributed by atoms with E-state index in [9.17, 15) is 0 Å². The minimum Gasteiger partial charge on any atom is -0.497 e. The lowest BCUT2D eigenvalue weighted by atomic mass is 10.1. The zero-order chi connectivity index (χ0) is 19.6. The Kier molecular flexibility index (Phi) is 4.66. The number of benzene rings is 4. The summed E-state index contributed by atoms with van der Waals surface area (Å²) in [5.41, 5.74) is 2.37. The molecular weight excluding hydrogens is 382 g/mol. The molecule has 4 aromatic rings. The van der Waals surface area contributed by atoms with Crippen LogP contribution in [-0.4, -0.2) is 7.11 Å². The monoisotopic (exact) mass is 401 g/mol. The molecule has 0 aliphatic carbocycles. The third-order valence-electron chi connectivity index (χ3n) is 4.88. The standard InChI is InChI=1S/C24H19NO3S/c1-26-18-11-13-20(14-12-18)28-27-19-9-6-17(7-10-19)24-25-22-15-8-16-4-2-3-5-21(16)23(22)29-24/h2-15,24-25H,1H3. The van der Waals surface area contributed by atoms with Crippen molar-refractivity contribution in [1.82, 2.24) is 0 Å². The summed E-state index contributed by atoms with van der Waals surface area (Å²) >= 11 is 1.84. The second-order valence-corrected chi connectivity index (χ2v) is 7.83. The number of methoxy groups -OCH3 is 1. The number of hydrogen-bond acceptors (Lipinski definition) is 5. The highest BCUT2D eigenvalue weighted by atomic mass is 32.2. The largest absolute Gasteiger partial charge is 0.497 e. The van der Waals surface area contributed by atoms with Crippen LogP contribution in [0.4, 0.5) is 5.69 Å². The molecule has 0 saturated heterocycles. The molecule has 1 N–H and O–H groups in total. The van der Waals surface area contributed by atoms with Gasteiger partial charge in [-0.3, -0.25) is 9.78 Å². The van der Waals surface area contributed by atoms with E-state index in [1.54, 1.807) is 19.2 Å². The van der Waals surface area contributed by atoms with Gasteiger partial charge in [0.1, 0.15) is 11.1 Å². The summed E-state index contributed by atoms with van der Waals surface area (Å²) in [6.07, 6.45) is 0. The lowest BCUT2D eigenvalue weighted by Gasteiger charge is -2.12. The molecule has 144 valence electrons. The number of rotatable bonds is 5. The van der Waals surface area contributed by atoms with Crippen LogP contribution in [0.5, 0.6) is 17.2 Å². The summed E-state index contributed by atoms with van der Waals surface area (Å²) in [5.74, 6) is 2.04. The zero-order valence-corrected chi connectivity index (χ0v) is 16.6. The van der Waals surface area contributed by atoms with Crippen LogP contribution >= 0.6 is 11.8 Å². The number of nitrogens with one attached hydrogen (secondary N) is 1. The lowest BCUT2D eigenvalue weighted by molar-refractivity contribution is -0.0999. The maximum Gasteiger partial charge on any atom is 0.178 e. The van der Waals surface area contributed by atoms with Gasteiger partial charge in [-0.15, -0.1) is 0 Å². The van der Waals surface area contributed by atoms with Gasteiger partial charge in [-0.1, -0.05) is 54.2 Å². The van der Waals surface area contributed by atoms with Gasteiger partial charge in [-0.05, 0) is 58.8 Å². The Hall–Kier alpha value is -3.31. The van der Waals surface area contributed by atoms with Crippen LogP contribution in [0.3, 0.4) is 0 Å². The van der Waals surface area contributed by atoms with Gasteiger partial charge in [0.05, 0.1) is 7.11 Å². The van der Waals surface area contributed by atoms with Gasteiger partial charge < -0.3 is 10.1 Å².